The summed E-state index contributed by atoms with van der Waals surface area (Å²) in [5.41, 5.74) is 0.271. The summed E-state index contributed by atoms with van der Waals surface area (Å²) in [4.78, 5) is 0. The summed E-state index contributed by atoms with van der Waals surface area (Å²) in [6.45, 7) is 3.90. The van der Waals surface area contributed by atoms with Crippen LogP contribution in [0.2, 0.25) is 0 Å². The SMILES string of the molecule is CCN(CC)S(=O)(=O)N(SC(F)(Cl)Cl)c1ccccc1. The summed E-state index contributed by atoms with van der Waals surface area (Å²) >= 11 is 10.8. The number of alkyl halides is 3. The lowest BCUT2D eigenvalue weighted by Crippen LogP contribution is -2.41. The van der Waals surface area contributed by atoms with Gasteiger partial charge in [0.25, 0.3) is 0 Å². The first-order valence-corrected chi connectivity index (χ1v) is 8.76. The van der Waals surface area contributed by atoms with Crippen molar-refractivity contribution in [2.75, 3.05) is 16.8 Å². The van der Waals surface area contributed by atoms with Gasteiger partial charge in [0.05, 0.1) is 5.69 Å². The topological polar surface area (TPSA) is 40.6 Å². The number of nitrogens with zero attached hydrogens (tertiary/aromatic N) is 2. The van der Waals surface area contributed by atoms with E-state index >= 15 is 0 Å². The van der Waals surface area contributed by atoms with E-state index in [2.05, 4.69) is 0 Å². The zero-order valence-electron chi connectivity index (χ0n) is 11.0. The summed E-state index contributed by atoms with van der Waals surface area (Å²) in [6, 6.07) is 8.08. The Morgan fingerprint density at radius 1 is 1.20 bits per heavy atom. The molecule has 0 aliphatic heterocycles. The number of benzene rings is 1. The van der Waals surface area contributed by atoms with Crippen LogP contribution in [0, 0.1) is 0 Å². The molecule has 1 aromatic rings. The molecule has 1 aromatic carbocycles. The second-order valence-electron chi connectivity index (χ2n) is 3.69. The molecule has 0 saturated heterocycles. The fraction of sp³-hybridized carbons (Fsp3) is 0.455. The number of anilines is 1. The van der Waals surface area contributed by atoms with Crippen LogP contribution in [0.1, 0.15) is 13.8 Å². The van der Waals surface area contributed by atoms with E-state index in [1.807, 2.05) is 0 Å². The fourth-order valence-electron chi connectivity index (χ4n) is 1.53. The second kappa shape index (κ2) is 7.17. The standard InChI is InChI=1S/C11H15Cl2FN2O2S2/c1-3-15(4-2)20(17,18)16(19-11(12,13)14)10-8-6-5-7-9-10/h5-9H,3-4H2,1-2H3. The Morgan fingerprint density at radius 3 is 2.10 bits per heavy atom. The van der Waals surface area contributed by atoms with E-state index in [4.69, 9.17) is 23.2 Å². The highest BCUT2D eigenvalue weighted by atomic mass is 35.5. The predicted molar refractivity (Wildman–Crippen MR) is 83.9 cm³/mol. The van der Waals surface area contributed by atoms with E-state index in [-0.39, 0.29) is 30.7 Å². The molecule has 0 aliphatic rings. The van der Waals surface area contributed by atoms with Gasteiger partial charge in [0, 0.05) is 25.0 Å². The van der Waals surface area contributed by atoms with Crippen LogP contribution in [-0.4, -0.2) is 29.7 Å². The minimum absolute atomic E-state index is 0.189. The third-order valence-corrected chi connectivity index (χ3v) is 5.98. The first-order chi connectivity index (χ1) is 9.22. The molecule has 0 spiro atoms. The molecular formula is C11H15Cl2FN2O2S2. The highest BCUT2D eigenvalue weighted by molar-refractivity contribution is 8.15. The Morgan fingerprint density at radius 2 is 1.70 bits per heavy atom. The van der Waals surface area contributed by atoms with Gasteiger partial charge in [-0.3, -0.25) is 0 Å². The van der Waals surface area contributed by atoms with Crippen LogP contribution < -0.4 is 3.71 Å². The van der Waals surface area contributed by atoms with Gasteiger partial charge in [0.15, 0.2) is 0 Å². The molecule has 0 saturated carbocycles. The number of rotatable bonds is 7. The van der Waals surface area contributed by atoms with Crippen LogP contribution in [0.15, 0.2) is 30.3 Å². The lowest BCUT2D eigenvalue weighted by molar-refractivity contribution is 0.446. The van der Waals surface area contributed by atoms with Gasteiger partial charge in [-0.2, -0.15) is 20.8 Å². The number of halogens is 3. The van der Waals surface area contributed by atoms with Crippen molar-refractivity contribution in [1.82, 2.24) is 4.31 Å². The van der Waals surface area contributed by atoms with Crippen molar-refractivity contribution < 1.29 is 12.8 Å². The zero-order chi connectivity index (χ0) is 15.4. The summed E-state index contributed by atoms with van der Waals surface area (Å²) in [7, 11) is -3.93. The van der Waals surface area contributed by atoms with Gasteiger partial charge in [-0.05, 0) is 12.1 Å². The average molecular weight is 361 g/mol. The fourth-order valence-corrected chi connectivity index (χ4v) is 4.82. The van der Waals surface area contributed by atoms with Gasteiger partial charge in [0.2, 0.25) is 0 Å². The largest absolute Gasteiger partial charge is 0.324 e. The van der Waals surface area contributed by atoms with Crippen molar-refractivity contribution in [3.63, 3.8) is 0 Å². The smallest absolute Gasteiger partial charge is 0.194 e. The third-order valence-electron chi connectivity index (χ3n) is 2.39. The first-order valence-electron chi connectivity index (χ1n) is 5.83. The monoisotopic (exact) mass is 360 g/mol. The van der Waals surface area contributed by atoms with E-state index in [0.717, 1.165) is 3.71 Å². The molecule has 0 heterocycles. The summed E-state index contributed by atoms with van der Waals surface area (Å²) in [5, 5.41) is 0. The molecule has 4 nitrogen and oxygen atoms in total. The molecule has 0 bridgehead atoms. The van der Waals surface area contributed by atoms with E-state index in [1.165, 1.54) is 16.4 Å². The lowest BCUT2D eigenvalue weighted by atomic mass is 10.3. The Labute approximate surface area is 133 Å². The van der Waals surface area contributed by atoms with Gasteiger partial charge >= 0.3 is 14.1 Å². The second-order valence-corrected chi connectivity index (χ2v) is 8.49. The molecule has 0 N–H and O–H groups in total. The highest BCUT2D eigenvalue weighted by Gasteiger charge is 2.37. The molecule has 0 radical (unpaired) electrons. The van der Waals surface area contributed by atoms with Crippen LogP contribution in [0.4, 0.5) is 10.1 Å². The van der Waals surface area contributed by atoms with Crippen molar-refractivity contribution >= 4 is 51.0 Å². The van der Waals surface area contributed by atoms with Crippen LogP contribution in [0.5, 0.6) is 0 Å². The van der Waals surface area contributed by atoms with Gasteiger partial charge in [0.1, 0.15) is 0 Å². The number of hydrogen-bond donors (Lipinski definition) is 0. The Kier molecular flexibility index (Phi) is 6.40. The maximum atomic E-state index is 13.5. The molecule has 0 atom stereocenters. The van der Waals surface area contributed by atoms with Crippen molar-refractivity contribution in [1.29, 1.82) is 0 Å². The molecule has 114 valence electrons. The number of para-hydroxylation sites is 1. The van der Waals surface area contributed by atoms with Crippen LogP contribution in [0.25, 0.3) is 0 Å². The molecule has 0 amide bonds. The summed E-state index contributed by atoms with van der Waals surface area (Å²) in [5.74, 6) is 0. The quantitative estimate of drug-likeness (QED) is 0.548. The van der Waals surface area contributed by atoms with E-state index in [1.54, 1.807) is 32.0 Å². The van der Waals surface area contributed by atoms with Crippen LogP contribution >= 0.6 is 35.1 Å². The van der Waals surface area contributed by atoms with Crippen molar-refractivity contribution in [3.8, 4) is 0 Å². The maximum absolute atomic E-state index is 13.5. The maximum Gasteiger partial charge on any atom is 0.324 e. The molecule has 9 heteroatoms. The van der Waals surface area contributed by atoms with Crippen LogP contribution in [0.3, 0.4) is 0 Å². The van der Waals surface area contributed by atoms with Gasteiger partial charge in [-0.1, -0.05) is 55.2 Å². The molecule has 0 aromatic heterocycles. The molecule has 0 fully saturated rings. The number of hydrogen-bond acceptors (Lipinski definition) is 3. The lowest BCUT2D eigenvalue weighted by Gasteiger charge is -2.30. The van der Waals surface area contributed by atoms with E-state index in [9.17, 15) is 12.8 Å². The molecule has 20 heavy (non-hydrogen) atoms. The van der Waals surface area contributed by atoms with E-state index in [0.29, 0.717) is 0 Å². The van der Waals surface area contributed by atoms with Crippen molar-refractivity contribution in [2.24, 2.45) is 0 Å². The molecule has 0 unspecified atom stereocenters. The van der Waals surface area contributed by atoms with Gasteiger partial charge < -0.3 is 0 Å². The Bertz CT molecular complexity index is 519. The first kappa shape index (κ1) is 17.8. The average Bonchev–Trinajstić information content (AvgIpc) is 2.37. The third kappa shape index (κ3) is 4.66. The van der Waals surface area contributed by atoms with Crippen molar-refractivity contribution in [3.05, 3.63) is 30.3 Å². The van der Waals surface area contributed by atoms with E-state index < -0.39 is 14.1 Å². The highest BCUT2D eigenvalue weighted by Crippen LogP contribution is 2.42. The minimum atomic E-state index is -3.93. The summed E-state index contributed by atoms with van der Waals surface area (Å²) in [6.07, 6.45) is 0. The van der Waals surface area contributed by atoms with Gasteiger partial charge in [-0.25, -0.2) is 0 Å². The molecule has 1 rings (SSSR count). The molecular weight excluding hydrogens is 346 g/mol. The minimum Gasteiger partial charge on any atom is -0.194 e. The predicted octanol–water partition coefficient (Wildman–Crippen LogP) is 3.79. The van der Waals surface area contributed by atoms with Gasteiger partial charge in [-0.15, -0.1) is 0 Å². The van der Waals surface area contributed by atoms with Crippen molar-refractivity contribution in [2.45, 2.75) is 17.8 Å². The Balaban J connectivity index is 3.25. The molecule has 0 aliphatic carbocycles. The summed E-state index contributed by atoms with van der Waals surface area (Å²) < 4.78 is 37.8. The Hall–Kier alpha value is -0.210. The van der Waals surface area contributed by atoms with Crippen LogP contribution in [-0.2, 0) is 10.2 Å². The zero-order valence-corrected chi connectivity index (χ0v) is 14.1. The normalized spacial score (nSPS) is 12.7.